The molecule has 6 heteroatoms. The van der Waals surface area contributed by atoms with E-state index >= 15 is 0 Å². The van der Waals surface area contributed by atoms with Gasteiger partial charge in [0.25, 0.3) is 0 Å². The van der Waals surface area contributed by atoms with Crippen LogP contribution in [0.1, 0.15) is 119 Å². The molecule has 0 saturated heterocycles. The zero-order valence-electron chi connectivity index (χ0n) is 32.5. The van der Waals surface area contributed by atoms with E-state index in [4.69, 9.17) is 9.47 Å². The molecule has 0 amide bonds. The third-order valence-corrected chi connectivity index (χ3v) is 12.2. The summed E-state index contributed by atoms with van der Waals surface area (Å²) < 4.78 is 13.5. The second-order valence-electron chi connectivity index (χ2n) is 14.9. The summed E-state index contributed by atoms with van der Waals surface area (Å²) in [6.07, 6.45) is 15.4. The van der Waals surface area contributed by atoms with E-state index < -0.39 is 0 Å². The molecular weight excluding hydrogens is 677 g/mol. The van der Waals surface area contributed by atoms with Crippen LogP contribution in [0, 0.1) is 0 Å². The van der Waals surface area contributed by atoms with Gasteiger partial charge in [0.15, 0.2) is 0 Å². The van der Waals surface area contributed by atoms with E-state index in [9.17, 15) is 0 Å². The van der Waals surface area contributed by atoms with Gasteiger partial charge in [0.05, 0.1) is 35.0 Å². The molecule has 278 valence electrons. The normalized spacial score (nSPS) is 13.2. The molecule has 52 heavy (non-hydrogen) atoms. The molecule has 0 bridgehead atoms. The lowest BCUT2D eigenvalue weighted by Crippen LogP contribution is -2.23. The number of nitrogens with zero attached hydrogens (tertiary/aromatic N) is 2. The Kier molecular flexibility index (Phi) is 13.8. The number of hydrogen-bond donors (Lipinski definition) is 0. The summed E-state index contributed by atoms with van der Waals surface area (Å²) >= 11 is 3.75. The molecule has 0 radical (unpaired) electrons. The first-order valence-electron chi connectivity index (χ1n) is 20.2. The van der Waals surface area contributed by atoms with Gasteiger partial charge < -0.3 is 19.3 Å². The minimum Gasteiger partial charge on any atom is -0.490 e. The highest BCUT2D eigenvalue weighted by Crippen LogP contribution is 2.55. The molecule has 0 aromatic heterocycles. The predicted octanol–water partition coefficient (Wildman–Crippen LogP) is 14.9. The van der Waals surface area contributed by atoms with Gasteiger partial charge in [-0.15, -0.1) is 0 Å². The maximum absolute atomic E-state index is 6.74. The van der Waals surface area contributed by atoms with Gasteiger partial charge in [-0.2, -0.15) is 0 Å². The van der Waals surface area contributed by atoms with Crippen LogP contribution in [0.2, 0.25) is 0 Å². The standard InChI is InChI=1S/C46H60N2O2S2/c1-7-9-11-13-15-21-27-47-37-23-17-19-25-43(37)51-45-29-35(41(31-39(45)47)49-33(3)4)36-30-46-40(32-42(36)50-34(5)6)48(28-22-16-14-12-10-8-2)38-24-18-20-26-44(38)52-46/h17-20,23-26,29-34H,7-16,21-22,27-28H2,1-6H3. The van der Waals surface area contributed by atoms with Gasteiger partial charge in [-0.05, 0) is 76.9 Å². The smallest absolute Gasteiger partial charge is 0.129 e. The predicted molar refractivity (Wildman–Crippen MR) is 225 cm³/mol. The van der Waals surface area contributed by atoms with Gasteiger partial charge >= 0.3 is 0 Å². The second kappa shape index (κ2) is 18.7. The van der Waals surface area contributed by atoms with Gasteiger partial charge in [-0.25, -0.2) is 0 Å². The Morgan fingerprint density at radius 2 is 0.846 bits per heavy atom. The first-order valence-corrected chi connectivity index (χ1v) is 21.8. The number of hydrogen-bond acceptors (Lipinski definition) is 6. The Morgan fingerprint density at radius 1 is 0.462 bits per heavy atom. The van der Waals surface area contributed by atoms with E-state index in [1.807, 2.05) is 23.5 Å². The minimum atomic E-state index is 0.0357. The first-order chi connectivity index (χ1) is 25.4. The number of para-hydroxylation sites is 2. The summed E-state index contributed by atoms with van der Waals surface area (Å²) in [6.45, 7) is 15.1. The summed E-state index contributed by atoms with van der Waals surface area (Å²) in [5, 5.41) is 0. The van der Waals surface area contributed by atoms with Gasteiger partial charge in [0.2, 0.25) is 0 Å². The van der Waals surface area contributed by atoms with Crippen molar-refractivity contribution < 1.29 is 9.47 Å². The van der Waals surface area contributed by atoms with Crippen LogP contribution in [0.25, 0.3) is 11.1 Å². The lowest BCUT2D eigenvalue weighted by atomic mass is 10.00. The average molecular weight is 737 g/mol. The number of unbranched alkanes of at least 4 members (excludes halogenated alkanes) is 10. The number of anilines is 4. The molecule has 4 aromatic carbocycles. The molecule has 4 nitrogen and oxygen atoms in total. The Bertz CT molecular complexity index is 1640. The largest absolute Gasteiger partial charge is 0.490 e. The average Bonchev–Trinajstić information content (AvgIpc) is 3.13. The number of ether oxygens (including phenoxy) is 2. The fourth-order valence-corrected chi connectivity index (χ4v) is 9.65. The summed E-state index contributed by atoms with van der Waals surface area (Å²) in [4.78, 5) is 10.3. The molecule has 2 aliphatic rings. The highest BCUT2D eigenvalue weighted by atomic mass is 32.2. The summed E-state index contributed by atoms with van der Waals surface area (Å²) in [7, 11) is 0. The van der Waals surface area contributed by atoms with Crippen molar-refractivity contribution in [1.29, 1.82) is 0 Å². The van der Waals surface area contributed by atoms with Crippen molar-refractivity contribution in [3.05, 3.63) is 72.8 Å². The molecule has 6 rings (SSSR count). The fraction of sp³-hybridized carbons (Fsp3) is 0.478. The van der Waals surface area contributed by atoms with Crippen molar-refractivity contribution in [2.45, 2.75) is 150 Å². The molecule has 0 unspecified atom stereocenters. The van der Waals surface area contributed by atoms with Crippen LogP contribution in [0.4, 0.5) is 22.7 Å². The zero-order valence-corrected chi connectivity index (χ0v) is 34.1. The van der Waals surface area contributed by atoms with Crippen molar-refractivity contribution in [1.82, 2.24) is 0 Å². The molecule has 0 atom stereocenters. The Morgan fingerprint density at radius 3 is 1.25 bits per heavy atom. The topological polar surface area (TPSA) is 24.9 Å². The monoisotopic (exact) mass is 736 g/mol. The molecular formula is C46H60N2O2S2. The van der Waals surface area contributed by atoms with E-state index in [2.05, 4.69) is 124 Å². The molecule has 2 aliphatic heterocycles. The lowest BCUT2D eigenvalue weighted by molar-refractivity contribution is 0.239. The summed E-state index contributed by atoms with van der Waals surface area (Å²) in [6, 6.07) is 27.2. The van der Waals surface area contributed by atoms with Crippen molar-refractivity contribution in [3.63, 3.8) is 0 Å². The van der Waals surface area contributed by atoms with E-state index in [0.29, 0.717) is 0 Å². The van der Waals surface area contributed by atoms with Crippen LogP contribution in [-0.2, 0) is 0 Å². The molecule has 2 heterocycles. The van der Waals surface area contributed by atoms with Gasteiger partial charge in [0.1, 0.15) is 11.5 Å². The van der Waals surface area contributed by atoms with Crippen LogP contribution in [0.3, 0.4) is 0 Å². The van der Waals surface area contributed by atoms with Crippen molar-refractivity contribution in [2.24, 2.45) is 0 Å². The number of fused-ring (bicyclic) bond motifs is 4. The van der Waals surface area contributed by atoms with Crippen LogP contribution in [-0.4, -0.2) is 25.3 Å². The maximum atomic E-state index is 6.74. The minimum absolute atomic E-state index is 0.0357. The van der Waals surface area contributed by atoms with Crippen LogP contribution < -0.4 is 19.3 Å². The van der Waals surface area contributed by atoms with E-state index in [1.54, 1.807) is 0 Å². The quantitative estimate of drug-likeness (QED) is 0.0889. The SMILES string of the molecule is CCCCCCCCN1c2ccccc2Sc2cc(-c3cc4c(cc3OC(C)C)N(CCCCCCCC)c3ccccc3S4)c(OC(C)C)cc21. The highest BCUT2D eigenvalue weighted by Gasteiger charge is 2.30. The van der Waals surface area contributed by atoms with Crippen LogP contribution >= 0.6 is 23.5 Å². The molecule has 4 aromatic rings. The Hall–Kier alpha value is -3.22. The summed E-state index contributed by atoms with van der Waals surface area (Å²) in [5.41, 5.74) is 7.28. The van der Waals surface area contributed by atoms with Crippen molar-refractivity contribution in [2.75, 3.05) is 22.9 Å². The van der Waals surface area contributed by atoms with E-state index in [0.717, 1.165) is 35.7 Å². The van der Waals surface area contributed by atoms with Gasteiger partial charge in [0, 0.05) is 55.9 Å². The molecule has 0 saturated carbocycles. The Labute approximate surface area is 323 Å². The maximum Gasteiger partial charge on any atom is 0.129 e. The fourth-order valence-electron chi connectivity index (χ4n) is 7.42. The molecule has 0 fully saturated rings. The summed E-state index contributed by atoms with van der Waals surface area (Å²) in [5.74, 6) is 1.83. The van der Waals surface area contributed by atoms with Crippen molar-refractivity contribution in [3.8, 4) is 22.6 Å². The Balaban J connectivity index is 1.41. The van der Waals surface area contributed by atoms with Gasteiger partial charge in [-0.1, -0.05) is 126 Å². The van der Waals surface area contributed by atoms with Crippen LogP contribution in [0.15, 0.2) is 92.4 Å². The van der Waals surface area contributed by atoms with E-state index in [-0.39, 0.29) is 12.2 Å². The number of rotatable bonds is 19. The zero-order chi connectivity index (χ0) is 36.5. The third kappa shape index (κ3) is 9.28. The molecule has 0 spiro atoms. The third-order valence-electron chi connectivity index (χ3n) is 9.94. The highest BCUT2D eigenvalue weighted by molar-refractivity contribution is 8.00. The molecule has 0 N–H and O–H groups in total. The van der Waals surface area contributed by atoms with Gasteiger partial charge in [-0.3, -0.25) is 0 Å². The van der Waals surface area contributed by atoms with Crippen LogP contribution in [0.5, 0.6) is 11.5 Å². The first kappa shape index (κ1) is 38.5. The second-order valence-corrected chi connectivity index (χ2v) is 17.1. The van der Waals surface area contributed by atoms with E-state index in [1.165, 1.54) is 119 Å². The molecule has 0 aliphatic carbocycles. The number of benzene rings is 4. The lowest BCUT2D eigenvalue weighted by Gasteiger charge is -2.35. The van der Waals surface area contributed by atoms with Crippen molar-refractivity contribution >= 4 is 46.3 Å².